The van der Waals surface area contributed by atoms with E-state index in [1.165, 1.54) is 0 Å². The molecule has 82 valence electrons. The van der Waals surface area contributed by atoms with Gasteiger partial charge in [0.2, 0.25) is 5.95 Å². The van der Waals surface area contributed by atoms with E-state index in [4.69, 9.17) is 4.42 Å². The molecule has 0 atom stereocenters. The molecule has 0 aliphatic rings. The van der Waals surface area contributed by atoms with E-state index in [0.717, 1.165) is 11.3 Å². The van der Waals surface area contributed by atoms with Crippen molar-refractivity contribution in [3.05, 3.63) is 41.6 Å². The van der Waals surface area contributed by atoms with Gasteiger partial charge in [-0.1, -0.05) is 0 Å². The molecule has 0 bridgehead atoms. The van der Waals surface area contributed by atoms with Crippen LogP contribution in [0.25, 0.3) is 0 Å². The number of furan rings is 1. The summed E-state index contributed by atoms with van der Waals surface area (Å²) in [6.45, 7) is 3.69. The number of rotatable bonds is 2. The lowest BCUT2D eigenvalue weighted by Crippen LogP contribution is -2.12. The van der Waals surface area contributed by atoms with Gasteiger partial charge in [0.25, 0.3) is 5.91 Å². The largest absolute Gasteiger partial charge is 0.456 e. The smallest absolute Gasteiger partial charge is 0.293 e. The Balaban J connectivity index is 2.15. The topological polar surface area (TPSA) is 68.0 Å². The van der Waals surface area contributed by atoms with E-state index in [0.29, 0.717) is 0 Å². The zero-order valence-corrected chi connectivity index (χ0v) is 9.02. The molecule has 0 aliphatic carbocycles. The molecule has 16 heavy (non-hydrogen) atoms. The molecule has 0 unspecified atom stereocenters. The van der Waals surface area contributed by atoms with E-state index < -0.39 is 0 Å². The molecular weight excluding hydrogens is 206 g/mol. The lowest BCUT2D eigenvalue weighted by molar-refractivity contribution is 0.0994. The second-order valence-electron chi connectivity index (χ2n) is 3.38. The van der Waals surface area contributed by atoms with Crippen LogP contribution in [0, 0.1) is 13.8 Å². The summed E-state index contributed by atoms with van der Waals surface area (Å²) < 4.78 is 5.28. The van der Waals surface area contributed by atoms with Crippen LogP contribution < -0.4 is 5.32 Å². The van der Waals surface area contributed by atoms with Crippen molar-refractivity contribution in [3.63, 3.8) is 0 Å². The zero-order valence-electron chi connectivity index (χ0n) is 9.02. The number of carbonyl (C=O) groups excluding carboxylic acids is 1. The SMILES string of the molecule is Cc1cc(C(=O)Nc2ncccn2)oc1C. The highest BCUT2D eigenvalue weighted by Gasteiger charge is 2.13. The van der Waals surface area contributed by atoms with Gasteiger partial charge in [0.05, 0.1) is 0 Å². The summed E-state index contributed by atoms with van der Waals surface area (Å²) in [4.78, 5) is 19.5. The van der Waals surface area contributed by atoms with Crippen molar-refractivity contribution in [2.75, 3.05) is 5.32 Å². The van der Waals surface area contributed by atoms with Gasteiger partial charge in [0.15, 0.2) is 5.76 Å². The first-order valence-corrected chi connectivity index (χ1v) is 4.82. The number of amides is 1. The van der Waals surface area contributed by atoms with Crippen LogP contribution in [0.15, 0.2) is 28.9 Å². The second-order valence-corrected chi connectivity index (χ2v) is 3.38. The average molecular weight is 217 g/mol. The maximum atomic E-state index is 11.7. The summed E-state index contributed by atoms with van der Waals surface area (Å²) in [7, 11) is 0. The Hall–Kier alpha value is -2.17. The number of nitrogens with one attached hydrogen (secondary N) is 1. The lowest BCUT2D eigenvalue weighted by Gasteiger charge is -1.99. The molecule has 2 aromatic heterocycles. The van der Waals surface area contributed by atoms with Crippen LogP contribution in [0.1, 0.15) is 21.9 Å². The molecule has 0 saturated carbocycles. The number of aromatic nitrogens is 2. The molecule has 1 amide bonds. The predicted octanol–water partition coefficient (Wildman–Crippen LogP) is 1.94. The number of nitrogens with zero attached hydrogens (tertiary/aromatic N) is 2. The van der Waals surface area contributed by atoms with Crippen molar-refractivity contribution in [3.8, 4) is 0 Å². The van der Waals surface area contributed by atoms with Crippen LogP contribution in [0.2, 0.25) is 0 Å². The predicted molar refractivity (Wildman–Crippen MR) is 58.2 cm³/mol. The molecule has 5 nitrogen and oxygen atoms in total. The lowest BCUT2D eigenvalue weighted by atomic mass is 10.3. The fraction of sp³-hybridized carbons (Fsp3) is 0.182. The van der Waals surface area contributed by atoms with Gasteiger partial charge in [-0.05, 0) is 31.5 Å². The first kappa shape index (κ1) is 10.4. The van der Waals surface area contributed by atoms with Crippen molar-refractivity contribution in [2.45, 2.75) is 13.8 Å². The Morgan fingerprint density at radius 2 is 2.00 bits per heavy atom. The van der Waals surface area contributed by atoms with Crippen molar-refractivity contribution in [2.24, 2.45) is 0 Å². The molecule has 0 aliphatic heterocycles. The highest BCUT2D eigenvalue weighted by molar-refractivity contribution is 6.01. The average Bonchev–Trinajstić information content (AvgIpc) is 2.61. The monoisotopic (exact) mass is 217 g/mol. The van der Waals surface area contributed by atoms with E-state index >= 15 is 0 Å². The van der Waals surface area contributed by atoms with Crippen LogP contribution in [-0.2, 0) is 0 Å². The molecule has 2 heterocycles. The minimum Gasteiger partial charge on any atom is -0.456 e. The third kappa shape index (κ3) is 2.08. The molecule has 0 radical (unpaired) electrons. The third-order valence-electron chi connectivity index (χ3n) is 2.18. The van der Waals surface area contributed by atoms with Gasteiger partial charge < -0.3 is 4.42 Å². The fourth-order valence-corrected chi connectivity index (χ4v) is 1.21. The first-order chi connectivity index (χ1) is 7.66. The maximum Gasteiger partial charge on any atom is 0.293 e. The van der Waals surface area contributed by atoms with Crippen LogP contribution in [0.3, 0.4) is 0 Å². The molecule has 5 heteroatoms. The first-order valence-electron chi connectivity index (χ1n) is 4.82. The van der Waals surface area contributed by atoms with Crippen molar-refractivity contribution < 1.29 is 9.21 Å². The van der Waals surface area contributed by atoms with Crippen LogP contribution >= 0.6 is 0 Å². The van der Waals surface area contributed by atoms with Gasteiger partial charge in [-0.15, -0.1) is 0 Å². The highest BCUT2D eigenvalue weighted by atomic mass is 16.3. The number of carbonyl (C=O) groups is 1. The Bertz CT molecular complexity index is 486. The van der Waals surface area contributed by atoms with Gasteiger partial charge in [-0.2, -0.15) is 0 Å². The molecule has 2 rings (SSSR count). The maximum absolute atomic E-state index is 11.7. The number of anilines is 1. The van der Waals surface area contributed by atoms with E-state index in [1.54, 1.807) is 24.5 Å². The Kier molecular flexibility index (Phi) is 2.68. The third-order valence-corrected chi connectivity index (χ3v) is 2.18. The molecule has 0 spiro atoms. The van der Waals surface area contributed by atoms with Crippen molar-refractivity contribution in [1.82, 2.24) is 9.97 Å². The molecule has 1 N–H and O–H groups in total. The van der Waals surface area contributed by atoms with E-state index in [9.17, 15) is 4.79 Å². The normalized spacial score (nSPS) is 10.1. The summed E-state index contributed by atoms with van der Waals surface area (Å²) >= 11 is 0. The van der Waals surface area contributed by atoms with Gasteiger partial charge >= 0.3 is 0 Å². The fourth-order valence-electron chi connectivity index (χ4n) is 1.21. The molecule has 0 saturated heterocycles. The molecule has 0 fully saturated rings. The zero-order chi connectivity index (χ0) is 11.5. The Labute approximate surface area is 92.5 Å². The van der Waals surface area contributed by atoms with E-state index in [1.807, 2.05) is 13.8 Å². The van der Waals surface area contributed by atoms with Crippen molar-refractivity contribution >= 4 is 11.9 Å². The van der Waals surface area contributed by atoms with Crippen LogP contribution in [0.4, 0.5) is 5.95 Å². The van der Waals surface area contributed by atoms with Gasteiger partial charge in [0.1, 0.15) is 5.76 Å². The standard InChI is InChI=1S/C11H11N3O2/c1-7-6-9(16-8(7)2)10(15)14-11-12-4-3-5-13-11/h3-6H,1-2H3,(H,12,13,14,15). The van der Waals surface area contributed by atoms with E-state index in [-0.39, 0.29) is 17.6 Å². The number of hydrogen-bond acceptors (Lipinski definition) is 4. The minimum atomic E-state index is -0.345. The van der Waals surface area contributed by atoms with Crippen LogP contribution in [0.5, 0.6) is 0 Å². The van der Waals surface area contributed by atoms with E-state index in [2.05, 4.69) is 15.3 Å². The Morgan fingerprint density at radius 3 is 2.56 bits per heavy atom. The summed E-state index contributed by atoms with van der Waals surface area (Å²) in [6.07, 6.45) is 3.11. The van der Waals surface area contributed by atoms with Gasteiger partial charge in [-0.3, -0.25) is 10.1 Å². The number of aryl methyl sites for hydroxylation is 2. The van der Waals surface area contributed by atoms with Crippen molar-refractivity contribution in [1.29, 1.82) is 0 Å². The Morgan fingerprint density at radius 1 is 1.31 bits per heavy atom. The summed E-state index contributed by atoms with van der Waals surface area (Å²) in [5.74, 6) is 0.920. The van der Waals surface area contributed by atoms with Gasteiger partial charge in [0, 0.05) is 12.4 Å². The molecule has 2 aromatic rings. The minimum absolute atomic E-state index is 0.263. The highest BCUT2D eigenvalue weighted by Crippen LogP contribution is 2.13. The quantitative estimate of drug-likeness (QED) is 0.834. The second kappa shape index (κ2) is 4.14. The number of hydrogen-bond donors (Lipinski definition) is 1. The molecule has 0 aromatic carbocycles. The van der Waals surface area contributed by atoms with Gasteiger partial charge in [-0.25, -0.2) is 9.97 Å². The van der Waals surface area contributed by atoms with Crippen LogP contribution in [-0.4, -0.2) is 15.9 Å². The summed E-state index contributed by atoms with van der Waals surface area (Å²) in [5.41, 5.74) is 0.944. The summed E-state index contributed by atoms with van der Waals surface area (Å²) in [5, 5.41) is 2.54. The summed E-state index contributed by atoms with van der Waals surface area (Å²) in [6, 6.07) is 3.37. The molecular formula is C11H11N3O2.